The lowest BCUT2D eigenvalue weighted by molar-refractivity contribution is -0.139. The van der Waals surface area contributed by atoms with E-state index in [1.807, 2.05) is 0 Å². The fourth-order valence-corrected chi connectivity index (χ4v) is 1.64. The number of carbonyl (C=O) groups is 1. The number of hydrogen-bond donors (Lipinski definition) is 2. The summed E-state index contributed by atoms with van der Waals surface area (Å²) < 4.78 is 0. The molecule has 1 unspecified atom stereocenters. The van der Waals surface area contributed by atoms with Gasteiger partial charge in [-0.1, -0.05) is 39.5 Å². The van der Waals surface area contributed by atoms with Crippen molar-refractivity contribution in [3.05, 3.63) is 0 Å². The smallest absolute Gasteiger partial charge is 0.305 e. The van der Waals surface area contributed by atoms with Crippen molar-refractivity contribution in [1.29, 1.82) is 0 Å². The average molecular weight is 202 g/mol. The van der Waals surface area contributed by atoms with Crippen LogP contribution < -0.4 is 0 Å². The molecule has 0 aliphatic carbocycles. The van der Waals surface area contributed by atoms with E-state index in [1.165, 1.54) is 12.8 Å². The highest BCUT2D eigenvalue weighted by atomic mass is 16.4. The van der Waals surface area contributed by atoms with E-state index in [2.05, 4.69) is 13.8 Å². The van der Waals surface area contributed by atoms with Crippen molar-refractivity contribution < 1.29 is 15.0 Å². The molecule has 0 aromatic heterocycles. The van der Waals surface area contributed by atoms with Crippen molar-refractivity contribution in [3.8, 4) is 0 Å². The van der Waals surface area contributed by atoms with E-state index in [1.54, 1.807) is 0 Å². The normalized spacial score (nSPS) is 15.1. The Kier molecular flexibility index (Phi) is 7.48. The molecule has 0 saturated carbocycles. The average Bonchev–Trinajstić information content (AvgIpc) is 2.02. The molecule has 0 spiro atoms. The Morgan fingerprint density at radius 2 is 1.93 bits per heavy atom. The van der Waals surface area contributed by atoms with Crippen LogP contribution in [0, 0.1) is 5.92 Å². The second kappa shape index (κ2) is 7.80. The number of aliphatic hydroxyl groups excluding tert-OH is 1. The van der Waals surface area contributed by atoms with Gasteiger partial charge in [0.15, 0.2) is 0 Å². The minimum atomic E-state index is -0.917. The van der Waals surface area contributed by atoms with Gasteiger partial charge in [-0.05, 0) is 12.3 Å². The molecular weight excluding hydrogens is 180 g/mol. The Morgan fingerprint density at radius 1 is 1.29 bits per heavy atom. The number of rotatable bonds is 8. The Morgan fingerprint density at radius 3 is 2.43 bits per heavy atom. The van der Waals surface area contributed by atoms with E-state index in [-0.39, 0.29) is 6.42 Å². The van der Waals surface area contributed by atoms with Gasteiger partial charge in [-0.3, -0.25) is 4.79 Å². The standard InChI is InChI=1S/C11H22O3/c1-3-5-9(2)6-4-7-10(12)8-11(13)14/h9-10,12H,3-8H2,1-2H3,(H,13,14)/t9?,10-/m1/s1. The molecule has 0 aromatic carbocycles. The van der Waals surface area contributed by atoms with Crippen molar-refractivity contribution in [2.75, 3.05) is 0 Å². The summed E-state index contributed by atoms with van der Waals surface area (Å²) in [5.41, 5.74) is 0. The summed E-state index contributed by atoms with van der Waals surface area (Å²) in [7, 11) is 0. The number of aliphatic carboxylic acids is 1. The minimum Gasteiger partial charge on any atom is -0.481 e. The van der Waals surface area contributed by atoms with Crippen LogP contribution in [0.4, 0.5) is 0 Å². The van der Waals surface area contributed by atoms with Crippen LogP contribution in [0.15, 0.2) is 0 Å². The topological polar surface area (TPSA) is 57.5 Å². The van der Waals surface area contributed by atoms with Crippen molar-refractivity contribution in [2.45, 2.75) is 58.5 Å². The fraction of sp³-hybridized carbons (Fsp3) is 0.909. The van der Waals surface area contributed by atoms with Gasteiger partial charge in [0.2, 0.25) is 0 Å². The Hall–Kier alpha value is -0.570. The molecule has 0 radical (unpaired) electrons. The molecule has 0 aliphatic heterocycles. The first kappa shape index (κ1) is 13.4. The SMILES string of the molecule is CCCC(C)CCC[C@@H](O)CC(=O)O. The highest BCUT2D eigenvalue weighted by molar-refractivity contribution is 5.67. The van der Waals surface area contributed by atoms with Crippen LogP contribution in [0.3, 0.4) is 0 Å². The van der Waals surface area contributed by atoms with Crippen LogP contribution in [0.2, 0.25) is 0 Å². The molecule has 0 amide bonds. The predicted molar refractivity (Wildman–Crippen MR) is 56.2 cm³/mol. The third-order valence-electron chi connectivity index (χ3n) is 2.43. The largest absolute Gasteiger partial charge is 0.481 e. The van der Waals surface area contributed by atoms with Crippen LogP contribution in [-0.4, -0.2) is 22.3 Å². The quantitative estimate of drug-likeness (QED) is 0.635. The van der Waals surface area contributed by atoms with Crippen molar-refractivity contribution in [2.24, 2.45) is 5.92 Å². The highest BCUT2D eigenvalue weighted by Crippen LogP contribution is 2.15. The maximum Gasteiger partial charge on any atom is 0.305 e. The lowest BCUT2D eigenvalue weighted by Crippen LogP contribution is -2.12. The molecule has 2 N–H and O–H groups in total. The first-order valence-electron chi connectivity index (χ1n) is 5.46. The van der Waals surface area contributed by atoms with E-state index in [0.29, 0.717) is 12.3 Å². The zero-order chi connectivity index (χ0) is 11.0. The summed E-state index contributed by atoms with van der Waals surface area (Å²) in [6, 6.07) is 0. The third-order valence-corrected chi connectivity index (χ3v) is 2.43. The molecule has 14 heavy (non-hydrogen) atoms. The summed E-state index contributed by atoms with van der Waals surface area (Å²) in [5.74, 6) is -0.226. The fourth-order valence-electron chi connectivity index (χ4n) is 1.64. The predicted octanol–water partition coefficient (Wildman–Crippen LogP) is 2.43. The summed E-state index contributed by atoms with van der Waals surface area (Å²) in [6.07, 6.45) is 4.25. The van der Waals surface area contributed by atoms with E-state index in [4.69, 9.17) is 5.11 Å². The van der Waals surface area contributed by atoms with Gasteiger partial charge in [-0.15, -0.1) is 0 Å². The third kappa shape index (κ3) is 8.05. The molecule has 3 heteroatoms. The van der Waals surface area contributed by atoms with Gasteiger partial charge < -0.3 is 10.2 Å². The highest BCUT2D eigenvalue weighted by Gasteiger charge is 2.09. The number of carboxylic acid groups (broad SMARTS) is 1. The van der Waals surface area contributed by atoms with Crippen LogP contribution in [0.1, 0.15) is 52.4 Å². The van der Waals surface area contributed by atoms with Gasteiger partial charge in [0.1, 0.15) is 0 Å². The number of hydrogen-bond acceptors (Lipinski definition) is 2. The van der Waals surface area contributed by atoms with Gasteiger partial charge in [-0.25, -0.2) is 0 Å². The lowest BCUT2D eigenvalue weighted by atomic mass is 9.97. The molecule has 0 rings (SSSR count). The molecule has 0 bridgehead atoms. The van der Waals surface area contributed by atoms with Gasteiger partial charge >= 0.3 is 5.97 Å². The zero-order valence-electron chi connectivity index (χ0n) is 9.20. The molecule has 84 valence electrons. The van der Waals surface area contributed by atoms with Crippen molar-refractivity contribution in [1.82, 2.24) is 0 Å². The van der Waals surface area contributed by atoms with Crippen LogP contribution >= 0.6 is 0 Å². The molecule has 0 aliphatic rings. The maximum absolute atomic E-state index is 10.2. The van der Waals surface area contributed by atoms with Crippen molar-refractivity contribution in [3.63, 3.8) is 0 Å². The Bertz CT molecular complexity index is 157. The molecule has 2 atom stereocenters. The first-order valence-corrected chi connectivity index (χ1v) is 5.46. The maximum atomic E-state index is 10.2. The number of carboxylic acids is 1. The molecule has 0 aromatic rings. The van der Waals surface area contributed by atoms with Gasteiger partial charge in [0, 0.05) is 0 Å². The van der Waals surface area contributed by atoms with E-state index < -0.39 is 12.1 Å². The second-order valence-corrected chi connectivity index (χ2v) is 4.08. The second-order valence-electron chi connectivity index (χ2n) is 4.08. The molecule has 0 saturated heterocycles. The molecule has 0 fully saturated rings. The monoisotopic (exact) mass is 202 g/mol. The van der Waals surface area contributed by atoms with E-state index in [0.717, 1.165) is 12.8 Å². The zero-order valence-corrected chi connectivity index (χ0v) is 9.20. The molecular formula is C11H22O3. The van der Waals surface area contributed by atoms with Gasteiger partial charge in [0.25, 0.3) is 0 Å². The van der Waals surface area contributed by atoms with Crippen LogP contribution in [-0.2, 0) is 4.79 Å². The summed E-state index contributed by atoms with van der Waals surface area (Å²) in [6.45, 7) is 4.36. The van der Waals surface area contributed by atoms with Crippen molar-refractivity contribution >= 4 is 5.97 Å². The Labute approximate surface area is 86.1 Å². The first-order chi connectivity index (χ1) is 6.56. The van der Waals surface area contributed by atoms with Gasteiger partial charge in [0.05, 0.1) is 12.5 Å². The number of aliphatic hydroxyl groups is 1. The van der Waals surface area contributed by atoms with Gasteiger partial charge in [-0.2, -0.15) is 0 Å². The lowest BCUT2D eigenvalue weighted by Gasteiger charge is -2.11. The Balaban J connectivity index is 3.38. The molecule has 0 heterocycles. The van der Waals surface area contributed by atoms with E-state index >= 15 is 0 Å². The van der Waals surface area contributed by atoms with E-state index in [9.17, 15) is 9.90 Å². The summed E-state index contributed by atoms with van der Waals surface area (Å²) in [4.78, 5) is 10.2. The van der Waals surface area contributed by atoms with Crippen LogP contribution in [0.25, 0.3) is 0 Å². The minimum absolute atomic E-state index is 0.123. The summed E-state index contributed by atoms with van der Waals surface area (Å²) >= 11 is 0. The summed E-state index contributed by atoms with van der Waals surface area (Å²) in [5, 5.41) is 17.7. The molecule has 3 nitrogen and oxygen atoms in total. The van der Waals surface area contributed by atoms with Crippen LogP contribution in [0.5, 0.6) is 0 Å².